The van der Waals surface area contributed by atoms with E-state index in [0.717, 1.165) is 18.8 Å². The number of piperidine rings is 1. The van der Waals surface area contributed by atoms with Crippen molar-refractivity contribution in [3.8, 4) is 0 Å². The predicted molar refractivity (Wildman–Crippen MR) is 74.7 cm³/mol. The lowest BCUT2D eigenvalue weighted by molar-refractivity contribution is -0.109. The lowest BCUT2D eigenvalue weighted by atomic mass is 9.99. The van der Waals surface area contributed by atoms with Crippen molar-refractivity contribution in [2.24, 2.45) is 0 Å². The minimum absolute atomic E-state index is 0.667. The molecule has 1 aromatic carbocycles. The number of hydrogen-bond donors (Lipinski definition) is 1. The third-order valence-corrected chi connectivity index (χ3v) is 4.41. The monoisotopic (exact) mass is 245 g/mol. The van der Waals surface area contributed by atoms with Crippen LogP contribution in [-0.4, -0.2) is 22.1 Å². The summed E-state index contributed by atoms with van der Waals surface area (Å²) >= 11 is 0. The summed E-state index contributed by atoms with van der Waals surface area (Å²) in [6.45, 7) is 6.78. The molecular weight excluding hydrogens is 222 g/mol. The van der Waals surface area contributed by atoms with E-state index in [4.69, 9.17) is 5.73 Å². The third-order valence-electron chi connectivity index (χ3n) is 4.41. The highest BCUT2D eigenvalue weighted by atomic mass is 15.6. The first kappa shape index (κ1) is 12.0. The van der Waals surface area contributed by atoms with E-state index in [-0.39, 0.29) is 0 Å². The Labute approximate surface area is 110 Å². The van der Waals surface area contributed by atoms with Crippen LogP contribution in [0.15, 0.2) is 18.2 Å². The number of hydrazine groups is 1. The molecule has 18 heavy (non-hydrogen) atoms. The van der Waals surface area contributed by atoms with Crippen LogP contribution in [0.1, 0.15) is 44.2 Å². The normalized spacial score (nSPS) is 29.4. The van der Waals surface area contributed by atoms with Crippen molar-refractivity contribution in [1.82, 2.24) is 10.0 Å². The molecule has 2 aliphatic rings. The molecule has 2 heterocycles. The molecule has 0 radical (unpaired) electrons. The Morgan fingerprint density at radius 3 is 2.44 bits per heavy atom. The summed E-state index contributed by atoms with van der Waals surface area (Å²) in [4.78, 5) is 0. The number of rotatable bonds is 1. The van der Waals surface area contributed by atoms with Gasteiger partial charge in [0.2, 0.25) is 0 Å². The van der Waals surface area contributed by atoms with Crippen LogP contribution in [0.25, 0.3) is 0 Å². The van der Waals surface area contributed by atoms with Crippen molar-refractivity contribution < 1.29 is 0 Å². The Bertz CT molecular complexity index is 433. The van der Waals surface area contributed by atoms with Gasteiger partial charge >= 0.3 is 0 Å². The second-order valence-electron chi connectivity index (χ2n) is 5.86. The summed E-state index contributed by atoms with van der Waals surface area (Å²) in [6.07, 6.45) is 4.01. The van der Waals surface area contributed by atoms with Crippen LogP contribution < -0.4 is 5.73 Å². The van der Waals surface area contributed by atoms with Gasteiger partial charge in [0.15, 0.2) is 0 Å². The Morgan fingerprint density at radius 1 is 1.06 bits per heavy atom. The number of nitrogen functional groups attached to an aromatic ring is 1. The van der Waals surface area contributed by atoms with Crippen LogP contribution >= 0.6 is 0 Å². The molecule has 0 saturated carbocycles. The van der Waals surface area contributed by atoms with Crippen LogP contribution in [0.4, 0.5) is 5.69 Å². The molecule has 3 nitrogen and oxygen atoms in total. The lowest BCUT2D eigenvalue weighted by Crippen LogP contribution is -2.52. The van der Waals surface area contributed by atoms with E-state index < -0.39 is 0 Å². The summed E-state index contributed by atoms with van der Waals surface area (Å²) in [5, 5.41) is 5.11. The minimum Gasteiger partial charge on any atom is -0.399 e. The van der Waals surface area contributed by atoms with Gasteiger partial charge < -0.3 is 5.73 Å². The van der Waals surface area contributed by atoms with Crippen LogP contribution in [0.3, 0.4) is 0 Å². The summed E-state index contributed by atoms with van der Waals surface area (Å²) < 4.78 is 0. The molecule has 1 fully saturated rings. The standard InChI is InChI=1S/C15H23N3/c1-11-4-3-5-12(2)18(11)17-9-13-6-7-15(16)8-14(13)10-17/h6-8,11-12H,3-5,9-10,16H2,1-2H3. The summed E-state index contributed by atoms with van der Waals surface area (Å²) in [7, 11) is 0. The molecule has 1 saturated heterocycles. The number of nitrogens with zero attached hydrogens (tertiary/aromatic N) is 2. The van der Waals surface area contributed by atoms with E-state index >= 15 is 0 Å². The smallest absolute Gasteiger partial charge is 0.0392 e. The fraction of sp³-hybridized carbons (Fsp3) is 0.600. The van der Waals surface area contributed by atoms with E-state index in [9.17, 15) is 0 Å². The van der Waals surface area contributed by atoms with Gasteiger partial charge in [0, 0.05) is 30.9 Å². The fourth-order valence-electron chi connectivity index (χ4n) is 3.52. The topological polar surface area (TPSA) is 32.5 Å². The van der Waals surface area contributed by atoms with Crippen LogP contribution in [0.2, 0.25) is 0 Å². The molecule has 2 atom stereocenters. The van der Waals surface area contributed by atoms with Gasteiger partial charge in [-0.25, -0.2) is 10.0 Å². The Kier molecular flexibility index (Phi) is 3.04. The van der Waals surface area contributed by atoms with Crippen molar-refractivity contribution in [3.63, 3.8) is 0 Å². The van der Waals surface area contributed by atoms with Gasteiger partial charge in [-0.3, -0.25) is 0 Å². The molecule has 2 N–H and O–H groups in total. The molecule has 2 aliphatic heterocycles. The second-order valence-corrected chi connectivity index (χ2v) is 5.86. The van der Waals surface area contributed by atoms with E-state index in [0.29, 0.717) is 12.1 Å². The summed E-state index contributed by atoms with van der Waals surface area (Å²) in [6, 6.07) is 7.67. The lowest BCUT2D eigenvalue weighted by Gasteiger charge is -2.44. The van der Waals surface area contributed by atoms with Gasteiger partial charge in [-0.15, -0.1) is 0 Å². The third kappa shape index (κ3) is 2.02. The molecule has 0 spiro atoms. The number of fused-ring (bicyclic) bond motifs is 1. The fourth-order valence-corrected chi connectivity index (χ4v) is 3.52. The maximum absolute atomic E-state index is 5.88. The molecule has 1 aromatic rings. The first-order valence-corrected chi connectivity index (χ1v) is 7.05. The van der Waals surface area contributed by atoms with Gasteiger partial charge in [0.25, 0.3) is 0 Å². The molecule has 0 bridgehead atoms. The zero-order valence-electron chi connectivity index (χ0n) is 11.4. The molecular formula is C15H23N3. The maximum Gasteiger partial charge on any atom is 0.0392 e. The van der Waals surface area contributed by atoms with Gasteiger partial charge in [0.1, 0.15) is 0 Å². The van der Waals surface area contributed by atoms with Crippen molar-refractivity contribution >= 4 is 5.69 Å². The van der Waals surface area contributed by atoms with E-state index in [2.05, 4.69) is 36.0 Å². The molecule has 3 rings (SSSR count). The Balaban J connectivity index is 1.80. The summed E-state index contributed by atoms with van der Waals surface area (Å²) in [5.41, 5.74) is 9.60. The van der Waals surface area contributed by atoms with Gasteiger partial charge in [-0.2, -0.15) is 0 Å². The second kappa shape index (κ2) is 4.56. The molecule has 3 heteroatoms. The van der Waals surface area contributed by atoms with Gasteiger partial charge in [-0.05, 0) is 49.9 Å². The van der Waals surface area contributed by atoms with Crippen molar-refractivity contribution in [3.05, 3.63) is 29.3 Å². The number of hydrogen-bond acceptors (Lipinski definition) is 3. The van der Waals surface area contributed by atoms with Crippen molar-refractivity contribution in [2.75, 3.05) is 5.73 Å². The number of nitrogens with two attached hydrogens (primary N) is 1. The SMILES string of the molecule is CC1CCCC(C)N1N1Cc2ccc(N)cc2C1. The average Bonchev–Trinajstić information content (AvgIpc) is 2.71. The van der Waals surface area contributed by atoms with Crippen LogP contribution in [0, 0.1) is 0 Å². The zero-order valence-corrected chi connectivity index (χ0v) is 11.4. The van der Waals surface area contributed by atoms with Crippen LogP contribution in [-0.2, 0) is 13.1 Å². The van der Waals surface area contributed by atoms with E-state index in [1.54, 1.807) is 0 Å². The molecule has 0 aliphatic carbocycles. The highest BCUT2D eigenvalue weighted by Crippen LogP contribution is 2.31. The quantitative estimate of drug-likeness (QED) is 0.772. The largest absolute Gasteiger partial charge is 0.399 e. The minimum atomic E-state index is 0.667. The highest BCUT2D eigenvalue weighted by Gasteiger charge is 2.32. The Hall–Kier alpha value is -1.06. The molecule has 2 unspecified atom stereocenters. The number of benzene rings is 1. The highest BCUT2D eigenvalue weighted by molar-refractivity contribution is 5.46. The maximum atomic E-state index is 5.88. The first-order chi connectivity index (χ1) is 8.65. The van der Waals surface area contributed by atoms with E-state index in [1.807, 2.05) is 6.07 Å². The van der Waals surface area contributed by atoms with Crippen LogP contribution in [0.5, 0.6) is 0 Å². The number of anilines is 1. The molecule has 0 amide bonds. The van der Waals surface area contributed by atoms with Gasteiger partial charge in [-0.1, -0.05) is 12.5 Å². The molecule has 0 aromatic heterocycles. The molecule has 98 valence electrons. The van der Waals surface area contributed by atoms with Crippen molar-refractivity contribution in [1.29, 1.82) is 0 Å². The van der Waals surface area contributed by atoms with Crippen molar-refractivity contribution in [2.45, 2.75) is 58.3 Å². The predicted octanol–water partition coefficient (Wildman–Crippen LogP) is 2.76. The summed E-state index contributed by atoms with van der Waals surface area (Å²) in [5.74, 6) is 0. The van der Waals surface area contributed by atoms with Gasteiger partial charge in [0.05, 0.1) is 0 Å². The zero-order chi connectivity index (χ0) is 12.7. The average molecular weight is 245 g/mol. The Morgan fingerprint density at radius 2 is 1.72 bits per heavy atom. The first-order valence-electron chi connectivity index (χ1n) is 7.05. The van der Waals surface area contributed by atoms with E-state index in [1.165, 1.54) is 30.4 Å².